The van der Waals surface area contributed by atoms with Crippen molar-refractivity contribution in [2.75, 3.05) is 62.8 Å². The summed E-state index contributed by atoms with van der Waals surface area (Å²) in [5.74, 6) is 2.18. The summed E-state index contributed by atoms with van der Waals surface area (Å²) in [6, 6.07) is 3.60. The first-order valence-electron chi connectivity index (χ1n) is 14.0. The van der Waals surface area contributed by atoms with E-state index in [1.165, 1.54) is 16.0 Å². The fourth-order valence-electron chi connectivity index (χ4n) is 5.80. The Kier molecular flexibility index (Phi) is 7.72. The van der Waals surface area contributed by atoms with Crippen LogP contribution in [0.3, 0.4) is 0 Å². The molecule has 3 aliphatic heterocycles. The fourth-order valence-corrected chi connectivity index (χ4v) is 5.80. The molecule has 2 aromatic heterocycles. The second kappa shape index (κ2) is 11.6. The van der Waals surface area contributed by atoms with Crippen LogP contribution < -0.4 is 30.3 Å². The lowest BCUT2D eigenvalue weighted by molar-refractivity contribution is -0.118. The summed E-state index contributed by atoms with van der Waals surface area (Å²) in [6.07, 6.45) is 2.02. The van der Waals surface area contributed by atoms with Crippen LogP contribution >= 0.6 is 0 Å². The molecule has 0 bridgehead atoms. The SMILES string of the molecule is Cc1nc(OCC2COCCN2)c(C)c2c1CC(CNCCC1CN(c3ccc4c(n3)NC(=O)CO4)C(=O)O1)C2. The number of ether oxygens (including phenoxy) is 4. The van der Waals surface area contributed by atoms with E-state index in [-0.39, 0.29) is 24.7 Å². The summed E-state index contributed by atoms with van der Waals surface area (Å²) in [5.41, 5.74) is 4.89. The minimum atomic E-state index is -0.435. The number of amides is 2. The Bertz CT molecular complexity index is 1280. The van der Waals surface area contributed by atoms with Crippen molar-refractivity contribution in [3.05, 3.63) is 34.5 Å². The van der Waals surface area contributed by atoms with Crippen LogP contribution in [0, 0.1) is 19.8 Å². The van der Waals surface area contributed by atoms with Gasteiger partial charge >= 0.3 is 6.09 Å². The summed E-state index contributed by atoms with van der Waals surface area (Å²) in [7, 11) is 0. The molecule has 3 unspecified atom stereocenters. The third kappa shape index (κ3) is 5.70. The van der Waals surface area contributed by atoms with E-state index >= 15 is 0 Å². The highest BCUT2D eigenvalue weighted by Crippen LogP contribution is 2.35. The number of hydrogen-bond donors (Lipinski definition) is 3. The minimum absolute atomic E-state index is 0.0398. The van der Waals surface area contributed by atoms with Gasteiger partial charge in [0.2, 0.25) is 5.88 Å². The highest BCUT2D eigenvalue weighted by molar-refractivity contribution is 5.95. The van der Waals surface area contributed by atoms with E-state index in [0.29, 0.717) is 49.5 Å². The zero-order valence-corrected chi connectivity index (χ0v) is 23.0. The predicted molar refractivity (Wildman–Crippen MR) is 146 cm³/mol. The Morgan fingerprint density at radius 3 is 2.90 bits per heavy atom. The second-order valence-corrected chi connectivity index (χ2v) is 10.9. The smallest absolute Gasteiger partial charge is 0.415 e. The molecule has 4 aliphatic rings. The summed E-state index contributed by atoms with van der Waals surface area (Å²) in [5, 5.41) is 9.66. The molecule has 12 nitrogen and oxygen atoms in total. The van der Waals surface area contributed by atoms with Crippen molar-refractivity contribution in [2.45, 2.75) is 45.3 Å². The summed E-state index contributed by atoms with van der Waals surface area (Å²) < 4.78 is 22.6. The minimum Gasteiger partial charge on any atom is -0.480 e. The second-order valence-electron chi connectivity index (χ2n) is 10.9. The van der Waals surface area contributed by atoms with E-state index in [1.54, 1.807) is 12.1 Å². The van der Waals surface area contributed by atoms with E-state index in [9.17, 15) is 9.59 Å². The van der Waals surface area contributed by atoms with Crippen LogP contribution in [0.1, 0.15) is 28.8 Å². The number of nitrogens with zero attached hydrogens (tertiary/aromatic N) is 3. The summed E-state index contributed by atoms with van der Waals surface area (Å²) >= 11 is 0. The molecule has 1 aliphatic carbocycles. The van der Waals surface area contributed by atoms with Crippen LogP contribution in [-0.4, -0.2) is 86.7 Å². The lowest BCUT2D eigenvalue weighted by Gasteiger charge is -2.24. The largest absolute Gasteiger partial charge is 0.480 e. The Morgan fingerprint density at radius 1 is 1.18 bits per heavy atom. The van der Waals surface area contributed by atoms with Crippen LogP contribution in [0.2, 0.25) is 0 Å². The van der Waals surface area contributed by atoms with E-state index in [0.717, 1.165) is 56.2 Å². The maximum Gasteiger partial charge on any atom is 0.415 e. The number of pyridine rings is 2. The third-order valence-corrected chi connectivity index (χ3v) is 7.94. The van der Waals surface area contributed by atoms with Crippen LogP contribution in [0.5, 0.6) is 11.6 Å². The van der Waals surface area contributed by atoms with Crippen LogP contribution in [0.15, 0.2) is 12.1 Å². The number of nitrogens with one attached hydrogen (secondary N) is 3. The van der Waals surface area contributed by atoms with Gasteiger partial charge in [-0.3, -0.25) is 9.69 Å². The molecule has 5 heterocycles. The maximum atomic E-state index is 12.5. The van der Waals surface area contributed by atoms with Crippen molar-refractivity contribution in [1.29, 1.82) is 0 Å². The maximum absolute atomic E-state index is 12.5. The standard InChI is InChI=1S/C28H36N6O6/c1-16-21-9-18(10-22(21)17(2)31-27(16)39-14-19-13-37-8-7-30-19)11-29-6-5-20-12-34(28(36)40-20)24-4-3-23-26(32-24)33-25(35)15-38-23/h3-4,18-20,29-30H,5-15H2,1-2H3,(H,32,33,35). The number of carbonyl (C=O) groups excluding carboxylic acids is 2. The number of aryl methyl sites for hydroxylation is 1. The first-order chi connectivity index (χ1) is 19.4. The van der Waals surface area contributed by atoms with Gasteiger partial charge in [-0.15, -0.1) is 0 Å². The van der Waals surface area contributed by atoms with E-state index in [2.05, 4.69) is 34.8 Å². The van der Waals surface area contributed by atoms with Crippen molar-refractivity contribution >= 4 is 23.6 Å². The van der Waals surface area contributed by atoms with E-state index in [4.69, 9.17) is 23.9 Å². The number of carbonyl (C=O) groups is 2. The van der Waals surface area contributed by atoms with Gasteiger partial charge in [0.15, 0.2) is 18.2 Å². The molecule has 0 saturated carbocycles. The molecule has 2 amide bonds. The lowest BCUT2D eigenvalue weighted by Crippen LogP contribution is -2.44. The first kappa shape index (κ1) is 26.7. The molecule has 3 atom stereocenters. The number of morpholine rings is 1. The van der Waals surface area contributed by atoms with Crippen molar-refractivity contribution in [3.8, 4) is 11.6 Å². The molecule has 40 heavy (non-hydrogen) atoms. The molecule has 0 aromatic carbocycles. The van der Waals surface area contributed by atoms with Crippen molar-refractivity contribution in [2.24, 2.45) is 5.92 Å². The normalized spacial score (nSPS) is 23.8. The Hall–Kier alpha value is -3.48. The highest BCUT2D eigenvalue weighted by Gasteiger charge is 2.34. The zero-order chi connectivity index (χ0) is 27.6. The molecule has 2 aromatic rings. The van der Waals surface area contributed by atoms with Gasteiger partial charge in [0.1, 0.15) is 18.5 Å². The lowest BCUT2D eigenvalue weighted by atomic mass is 10.0. The number of aromatic nitrogens is 2. The summed E-state index contributed by atoms with van der Waals surface area (Å²) in [6.45, 7) is 8.97. The Labute approximate surface area is 233 Å². The number of fused-ring (bicyclic) bond motifs is 2. The van der Waals surface area contributed by atoms with Crippen LogP contribution in [0.4, 0.5) is 16.4 Å². The van der Waals surface area contributed by atoms with E-state index in [1.807, 2.05) is 0 Å². The van der Waals surface area contributed by atoms with Gasteiger partial charge < -0.3 is 34.9 Å². The zero-order valence-electron chi connectivity index (χ0n) is 23.0. The molecule has 0 radical (unpaired) electrons. The van der Waals surface area contributed by atoms with Gasteiger partial charge in [-0.05, 0) is 75.4 Å². The molecule has 214 valence electrons. The van der Waals surface area contributed by atoms with Gasteiger partial charge in [0, 0.05) is 17.8 Å². The Balaban J connectivity index is 0.969. The van der Waals surface area contributed by atoms with Crippen molar-refractivity contribution in [3.63, 3.8) is 0 Å². The van der Waals surface area contributed by atoms with Crippen molar-refractivity contribution in [1.82, 2.24) is 20.6 Å². The van der Waals surface area contributed by atoms with Gasteiger partial charge in [0.25, 0.3) is 5.91 Å². The molecule has 6 rings (SSSR count). The van der Waals surface area contributed by atoms with Crippen LogP contribution in [-0.2, 0) is 27.1 Å². The molecule has 2 saturated heterocycles. The topological polar surface area (TPSA) is 136 Å². The van der Waals surface area contributed by atoms with Crippen molar-refractivity contribution < 1.29 is 28.5 Å². The molecule has 3 N–H and O–H groups in total. The van der Waals surface area contributed by atoms with Gasteiger partial charge in [-0.2, -0.15) is 0 Å². The number of cyclic esters (lactones) is 1. The monoisotopic (exact) mass is 552 g/mol. The molecular weight excluding hydrogens is 516 g/mol. The van der Waals surface area contributed by atoms with Crippen LogP contribution in [0.25, 0.3) is 0 Å². The van der Waals surface area contributed by atoms with Gasteiger partial charge in [-0.1, -0.05) is 0 Å². The molecular formula is C28H36N6O6. The highest BCUT2D eigenvalue weighted by atomic mass is 16.6. The molecule has 2 fully saturated rings. The number of rotatable bonds is 9. The third-order valence-electron chi connectivity index (χ3n) is 7.94. The quantitative estimate of drug-likeness (QED) is 0.393. The van der Waals surface area contributed by atoms with E-state index < -0.39 is 6.09 Å². The Morgan fingerprint density at radius 2 is 2.05 bits per heavy atom. The fraction of sp³-hybridized carbons (Fsp3) is 0.571. The van der Waals surface area contributed by atoms with Gasteiger partial charge in [-0.25, -0.2) is 14.8 Å². The molecule has 0 spiro atoms. The molecule has 12 heteroatoms. The average Bonchev–Trinajstić information content (AvgIpc) is 3.56. The summed E-state index contributed by atoms with van der Waals surface area (Å²) in [4.78, 5) is 34.8. The number of anilines is 2. The first-order valence-corrected chi connectivity index (χ1v) is 14.0. The van der Waals surface area contributed by atoms with Gasteiger partial charge in [0.05, 0.1) is 25.8 Å². The predicted octanol–water partition coefficient (Wildman–Crippen LogP) is 1.51. The number of hydrogen-bond acceptors (Lipinski definition) is 10. The average molecular weight is 553 g/mol.